The van der Waals surface area contributed by atoms with Gasteiger partial charge < -0.3 is 20.7 Å². The monoisotopic (exact) mass is 427 g/mol. The molecule has 1 aromatic heterocycles. The van der Waals surface area contributed by atoms with Crippen LogP contribution in [0.5, 0.6) is 0 Å². The maximum absolute atomic E-state index is 13.7. The van der Waals surface area contributed by atoms with E-state index in [2.05, 4.69) is 15.6 Å². The SMILES string of the molecule is Cc1[nH]c(/C=C2\C(=O)Nc3ccc(F)cc32)c(C)c1C(=O)NCCCCCC(=O)CO. The average molecular weight is 427 g/mol. The van der Waals surface area contributed by atoms with Gasteiger partial charge in [0.15, 0.2) is 5.78 Å². The summed E-state index contributed by atoms with van der Waals surface area (Å²) in [5, 5.41) is 14.3. The molecule has 0 unspecified atom stereocenters. The number of benzene rings is 1. The molecule has 0 aliphatic carbocycles. The highest BCUT2D eigenvalue weighted by atomic mass is 19.1. The van der Waals surface area contributed by atoms with E-state index in [-0.39, 0.29) is 17.6 Å². The number of hydrogen-bond acceptors (Lipinski definition) is 4. The topological polar surface area (TPSA) is 111 Å². The molecule has 0 spiro atoms. The number of aromatic amines is 1. The zero-order valence-electron chi connectivity index (χ0n) is 17.6. The molecular weight excluding hydrogens is 401 g/mol. The van der Waals surface area contributed by atoms with Crippen LogP contribution in [0.4, 0.5) is 10.1 Å². The number of H-pyrrole nitrogens is 1. The van der Waals surface area contributed by atoms with Crippen molar-refractivity contribution in [3.8, 4) is 0 Å². The summed E-state index contributed by atoms with van der Waals surface area (Å²) in [6.07, 6.45) is 4.17. The molecule has 0 radical (unpaired) electrons. The van der Waals surface area contributed by atoms with Crippen LogP contribution in [-0.2, 0) is 9.59 Å². The van der Waals surface area contributed by atoms with Gasteiger partial charge in [0, 0.05) is 35.6 Å². The highest BCUT2D eigenvalue weighted by Gasteiger charge is 2.26. The van der Waals surface area contributed by atoms with Gasteiger partial charge in [-0.15, -0.1) is 0 Å². The van der Waals surface area contributed by atoms with Crippen LogP contribution in [0.25, 0.3) is 11.6 Å². The molecule has 1 aliphatic rings. The van der Waals surface area contributed by atoms with Crippen molar-refractivity contribution in [2.75, 3.05) is 18.5 Å². The van der Waals surface area contributed by atoms with Crippen molar-refractivity contribution in [2.45, 2.75) is 39.5 Å². The number of anilines is 1. The van der Waals surface area contributed by atoms with Crippen molar-refractivity contribution in [1.29, 1.82) is 0 Å². The predicted molar refractivity (Wildman–Crippen MR) is 116 cm³/mol. The van der Waals surface area contributed by atoms with Gasteiger partial charge in [0.1, 0.15) is 12.4 Å². The minimum atomic E-state index is -0.429. The molecule has 31 heavy (non-hydrogen) atoms. The zero-order valence-corrected chi connectivity index (χ0v) is 17.6. The van der Waals surface area contributed by atoms with Crippen molar-refractivity contribution < 1.29 is 23.9 Å². The van der Waals surface area contributed by atoms with E-state index in [0.29, 0.717) is 58.7 Å². The zero-order chi connectivity index (χ0) is 22.5. The van der Waals surface area contributed by atoms with Crippen LogP contribution >= 0.6 is 0 Å². The lowest BCUT2D eigenvalue weighted by atomic mass is 10.0. The quantitative estimate of drug-likeness (QED) is 0.364. The Morgan fingerprint density at radius 2 is 1.97 bits per heavy atom. The maximum atomic E-state index is 13.7. The molecule has 1 aliphatic heterocycles. The second-order valence-corrected chi connectivity index (χ2v) is 7.63. The van der Waals surface area contributed by atoms with Gasteiger partial charge in [-0.3, -0.25) is 14.4 Å². The van der Waals surface area contributed by atoms with Crippen molar-refractivity contribution in [3.05, 3.63) is 52.1 Å². The van der Waals surface area contributed by atoms with Gasteiger partial charge >= 0.3 is 0 Å². The minimum absolute atomic E-state index is 0.175. The van der Waals surface area contributed by atoms with Crippen LogP contribution in [0.1, 0.15) is 58.6 Å². The number of halogens is 1. The van der Waals surface area contributed by atoms with Gasteiger partial charge in [-0.2, -0.15) is 0 Å². The molecule has 2 amide bonds. The molecule has 3 rings (SSSR count). The van der Waals surface area contributed by atoms with Crippen LogP contribution in [0.3, 0.4) is 0 Å². The van der Waals surface area contributed by atoms with Crippen molar-refractivity contribution >= 4 is 34.9 Å². The van der Waals surface area contributed by atoms with E-state index < -0.39 is 12.4 Å². The third kappa shape index (κ3) is 5.08. The number of aryl methyl sites for hydroxylation is 1. The lowest BCUT2D eigenvalue weighted by Gasteiger charge is -2.06. The number of rotatable bonds is 9. The number of nitrogens with one attached hydrogen (secondary N) is 3. The molecule has 164 valence electrons. The van der Waals surface area contributed by atoms with E-state index >= 15 is 0 Å². The molecule has 0 bridgehead atoms. The first kappa shape index (κ1) is 22.4. The number of carbonyl (C=O) groups is 3. The number of ketones is 1. The highest BCUT2D eigenvalue weighted by Crippen LogP contribution is 2.34. The second kappa shape index (κ2) is 9.70. The fourth-order valence-electron chi connectivity index (χ4n) is 3.70. The number of aliphatic hydroxyl groups excluding tert-OH is 1. The smallest absolute Gasteiger partial charge is 0.256 e. The molecule has 2 aromatic rings. The summed E-state index contributed by atoms with van der Waals surface area (Å²) in [6.45, 7) is 3.63. The molecule has 0 fully saturated rings. The van der Waals surface area contributed by atoms with Gasteiger partial charge in [0.05, 0.1) is 11.1 Å². The van der Waals surface area contributed by atoms with Crippen LogP contribution < -0.4 is 10.6 Å². The Morgan fingerprint density at radius 1 is 1.19 bits per heavy atom. The first-order valence-electron chi connectivity index (χ1n) is 10.2. The van der Waals surface area contributed by atoms with Crippen molar-refractivity contribution in [1.82, 2.24) is 10.3 Å². The summed E-state index contributed by atoms with van der Waals surface area (Å²) in [5.74, 6) is -1.14. The molecule has 0 atom stereocenters. The maximum Gasteiger partial charge on any atom is 0.256 e. The molecule has 8 heteroatoms. The number of unbranched alkanes of at least 4 members (excludes halogenated alkanes) is 2. The standard InChI is InChI=1S/C23H26FN3O4/c1-13-20(11-18-17-10-15(24)7-8-19(17)27-22(18)30)26-14(2)21(13)23(31)25-9-5-3-4-6-16(29)12-28/h7-8,10-11,26,28H,3-6,9,12H2,1-2H3,(H,25,31)(H,27,30)/b18-11-. The number of aliphatic hydroxyl groups is 1. The van der Waals surface area contributed by atoms with Crippen LogP contribution in [0, 0.1) is 19.7 Å². The van der Waals surface area contributed by atoms with Crippen LogP contribution in [-0.4, -0.2) is 40.8 Å². The Morgan fingerprint density at radius 3 is 2.71 bits per heavy atom. The van der Waals surface area contributed by atoms with E-state index in [1.54, 1.807) is 19.9 Å². The second-order valence-electron chi connectivity index (χ2n) is 7.63. The highest BCUT2D eigenvalue weighted by molar-refractivity contribution is 6.34. The summed E-state index contributed by atoms with van der Waals surface area (Å²) < 4.78 is 13.7. The molecule has 4 N–H and O–H groups in total. The molecular formula is C23H26FN3O4. The Hall–Kier alpha value is -3.26. The van der Waals surface area contributed by atoms with Crippen molar-refractivity contribution in [3.63, 3.8) is 0 Å². The summed E-state index contributed by atoms with van der Waals surface area (Å²) in [5.41, 5.74) is 3.89. The number of fused-ring (bicyclic) bond motifs is 1. The summed E-state index contributed by atoms with van der Waals surface area (Å²) >= 11 is 0. The van der Waals surface area contributed by atoms with Crippen molar-refractivity contribution in [2.24, 2.45) is 0 Å². The average Bonchev–Trinajstić information content (AvgIpc) is 3.19. The van der Waals surface area contributed by atoms with Gasteiger partial charge in [-0.25, -0.2) is 4.39 Å². The number of carbonyl (C=O) groups excluding carboxylic acids is 3. The molecule has 0 saturated heterocycles. The van der Waals surface area contributed by atoms with E-state index in [1.807, 2.05) is 0 Å². The Kier molecular flexibility index (Phi) is 7.02. The molecule has 2 heterocycles. The van der Waals surface area contributed by atoms with Crippen LogP contribution in [0.15, 0.2) is 18.2 Å². The van der Waals surface area contributed by atoms with Gasteiger partial charge in [0.2, 0.25) is 0 Å². The number of amides is 2. The number of Topliss-reactive ketones (excluding diaryl/α,β-unsaturated/α-hetero) is 1. The molecule has 7 nitrogen and oxygen atoms in total. The third-order valence-electron chi connectivity index (χ3n) is 5.35. The Labute approximate surface area is 179 Å². The van der Waals surface area contributed by atoms with Gasteiger partial charge in [-0.05, 0) is 56.5 Å². The summed E-state index contributed by atoms with van der Waals surface area (Å²) in [7, 11) is 0. The lowest BCUT2D eigenvalue weighted by Crippen LogP contribution is -2.25. The number of hydrogen-bond donors (Lipinski definition) is 4. The first-order valence-corrected chi connectivity index (χ1v) is 10.2. The summed E-state index contributed by atoms with van der Waals surface area (Å²) in [4.78, 5) is 39.2. The molecule has 1 aromatic carbocycles. The molecule has 0 saturated carbocycles. The fraction of sp³-hybridized carbons (Fsp3) is 0.348. The Balaban J connectivity index is 1.68. The van der Waals surface area contributed by atoms with Gasteiger partial charge in [-0.1, -0.05) is 6.42 Å². The predicted octanol–water partition coefficient (Wildman–Crippen LogP) is 3.11. The lowest BCUT2D eigenvalue weighted by molar-refractivity contribution is -0.121. The van der Waals surface area contributed by atoms with Gasteiger partial charge in [0.25, 0.3) is 11.8 Å². The van der Waals surface area contributed by atoms with E-state index in [0.717, 1.165) is 12.8 Å². The minimum Gasteiger partial charge on any atom is -0.389 e. The largest absolute Gasteiger partial charge is 0.389 e. The normalized spacial score (nSPS) is 13.9. The third-order valence-corrected chi connectivity index (χ3v) is 5.35. The number of aromatic nitrogens is 1. The first-order chi connectivity index (χ1) is 14.8. The Bertz CT molecular complexity index is 1060. The van der Waals surface area contributed by atoms with E-state index in [1.165, 1.54) is 18.2 Å². The van der Waals surface area contributed by atoms with E-state index in [9.17, 15) is 18.8 Å². The fourth-order valence-corrected chi connectivity index (χ4v) is 3.70. The van der Waals surface area contributed by atoms with E-state index in [4.69, 9.17) is 5.11 Å². The van der Waals surface area contributed by atoms with Crippen LogP contribution in [0.2, 0.25) is 0 Å². The summed E-state index contributed by atoms with van der Waals surface area (Å²) in [6, 6.07) is 4.12.